The van der Waals surface area contributed by atoms with E-state index in [4.69, 9.17) is 4.98 Å². The van der Waals surface area contributed by atoms with Gasteiger partial charge in [0.25, 0.3) is 5.56 Å². The summed E-state index contributed by atoms with van der Waals surface area (Å²) >= 11 is 0. The summed E-state index contributed by atoms with van der Waals surface area (Å²) in [6.07, 6.45) is 7.58. The molecule has 0 spiro atoms. The molecule has 2 fully saturated rings. The van der Waals surface area contributed by atoms with E-state index >= 15 is 0 Å². The standard InChI is InChI=1S/C22H34N4O2/c1-16-7-6-11-25(17(16)2)22(28)15-24-12-9-18(14-24)19-13-21(27)26-10-5-3-4-8-20(26)23-19/h13,16-18H,3-12,14-15H2,1-2H3/t16-,17+,18+/m1/s1. The van der Waals surface area contributed by atoms with Crippen LogP contribution in [0.15, 0.2) is 10.9 Å². The van der Waals surface area contributed by atoms with Gasteiger partial charge in [0.15, 0.2) is 0 Å². The van der Waals surface area contributed by atoms with Crippen LogP contribution >= 0.6 is 0 Å². The Bertz CT molecular complexity index is 774. The van der Waals surface area contributed by atoms with Crippen molar-refractivity contribution in [3.8, 4) is 0 Å². The highest BCUT2D eigenvalue weighted by molar-refractivity contribution is 5.78. The number of carbonyl (C=O) groups is 1. The summed E-state index contributed by atoms with van der Waals surface area (Å²) in [5.74, 6) is 2.08. The van der Waals surface area contributed by atoms with E-state index in [-0.39, 0.29) is 17.4 Å². The van der Waals surface area contributed by atoms with Crippen molar-refractivity contribution in [3.63, 3.8) is 0 Å². The minimum Gasteiger partial charge on any atom is -0.339 e. The number of carbonyl (C=O) groups excluding carboxylic acids is 1. The molecule has 0 aliphatic carbocycles. The molecule has 1 amide bonds. The predicted molar refractivity (Wildman–Crippen MR) is 109 cm³/mol. The topological polar surface area (TPSA) is 58.4 Å². The molecule has 4 rings (SSSR count). The van der Waals surface area contributed by atoms with E-state index in [1.807, 2.05) is 4.57 Å². The third-order valence-electron chi connectivity index (χ3n) is 7.13. The van der Waals surface area contributed by atoms with Gasteiger partial charge in [-0.25, -0.2) is 4.98 Å². The molecule has 2 saturated heterocycles. The van der Waals surface area contributed by atoms with E-state index in [1.54, 1.807) is 6.07 Å². The Morgan fingerprint density at radius 2 is 1.96 bits per heavy atom. The summed E-state index contributed by atoms with van der Waals surface area (Å²) in [6.45, 7) is 8.37. The Kier molecular flexibility index (Phi) is 5.85. The molecule has 28 heavy (non-hydrogen) atoms. The molecule has 1 aromatic heterocycles. The quantitative estimate of drug-likeness (QED) is 0.800. The van der Waals surface area contributed by atoms with Crippen molar-refractivity contribution >= 4 is 5.91 Å². The van der Waals surface area contributed by atoms with Crippen LogP contribution in [0.4, 0.5) is 0 Å². The van der Waals surface area contributed by atoms with Gasteiger partial charge in [-0.1, -0.05) is 13.3 Å². The number of amides is 1. The van der Waals surface area contributed by atoms with Gasteiger partial charge in [0.05, 0.1) is 12.2 Å². The van der Waals surface area contributed by atoms with Crippen LogP contribution in [-0.2, 0) is 17.8 Å². The SMILES string of the molecule is C[C@@H]1CCCN(C(=O)CN2CC[C@H](c3cc(=O)n4c(n3)CCCCC4)C2)[C@H]1C. The summed E-state index contributed by atoms with van der Waals surface area (Å²) in [7, 11) is 0. The van der Waals surface area contributed by atoms with Crippen LogP contribution in [0.2, 0.25) is 0 Å². The maximum Gasteiger partial charge on any atom is 0.253 e. The number of hydrogen-bond acceptors (Lipinski definition) is 4. The summed E-state index contributed by atoms with van der Waals surface area (Å²) in [5.41, 5.74) is 1.04. The van der Waals surface area contributed by atoms with Crippen molar-refractivity contribution in [2.45, 2.75) is 77.3 Å². The number of rotatable bonds is 3. The lowest BCUT2D eigenvalue weighted by atomic mass is 9.92. The molecule has 0 N–H and O–H groups in total. The molecule has 1 aromatic rings. The zero-order chi connectivity index (χ0) is 19.7. The highest BCUT2D eigenvalue weighted by atomic mass is 16.2. The van der Waals surface area contributed by atoms with Crippen molar-refractivity contribution < 1.29 is 4.79 Å². The molecular weight excluding hydrogens is 352 g/mol. The molecule has 6 nitrogen and oxygen atoms in total. The Morgan fingerprint density at radius 3 is 2.82 bits per heavy atom. The third kappa shape index (κ3) is 4.02. The van der Waals surface area contributed by atoms with Crippen molar-refractivity contribution in [2.24, 2.45) is 5.92 Å². The average molecular weight is 387 g/mol. The highest BCUT2D eigenvalue weighted by Crippen LogP contribution is 2.27. The Labute approximate surface area is 167 Å². The molecule has 3 aliphatic heterocycles. The van der Waals surface area contributed by atoms with Gasteiger partial charge in [-0.2, -0.15) is 0 Å². The largest absolute Gasteiger partial charge is 0.339 e. The fraction of sp³-hybridized carbons (Fsp3) is 0.773. The second-order valence-corrected chi connectivity index (χ2v) is 9.07. The van der Waals surface area contributed by atoms with Gasteiger partial charge in [0.1, 0.15) is 5.82 Å². The van der Waals surface area contributed by atoms with Gasteiger partial charge in [0, 0.05) is 44.1 Å². The molecule has 0 aromatic carbocycles. The number of aromatic nitrogens is 2. The minimum absolute atomic E-state index is 0.104. The molecule has 0 unspecified atom stereocenters. The molecule has 154 valence electrons. The first-order valence-corrected chi connectivity index (χ1v) is 11.2. The lowest BCUT2D eigenvalue weighted by Crippen LogP contribution is -2.49. The van der Waals surface area contributed by atoms with Gasteiger partial charge in [-0.15, -0.1) is 0 Å². The first-order chi connectivity index (χ1) is 13.5. The van der Waals surface area contributed by atoms with Crippen LogP contribution in [0.1, 0.15) is 69.8 Å². The molecule has 0 saturated carbocycles. The molecule has 0 bridgehead atoms. The monoisotopic (exact) mass is 386 g/mol. The third-order valence-corrected chi connectivity index (χ3v) is 7.13. The fourth-order valence-electron chi connectivity index (χ4n) is 5.13. The Balaban J connectivity index is 1.40. The Hall–Kier alpha value is -1.69. The number of likely N-dealkylation sites (tertiary alicyclic amines) is 2. The number of nitrogens with zero attached hydrogens (tertiary/aromatic N) is 4. The van der Waals surface area contributed by atoms with Gasteiger partial charge < -0.3 is 4.90 Å². The fourth-order valence-corrected chi connectivity index (χ4v) is 5.13. The van der Waals surface area contributed by atoms with Crippen LogP contribution in [0.25, 0.3) is 0 Å². The predicted octanol–water partition coefficient (Wildman–Crippen LogP) is 2.41. The number of aryl methyl sites for hydroxylation is 1. The van der Waals surface area contributed by atoms with E-state index in [0.717, 1.165) is 69.8 Å². The van der Waals surface area contributed by atoms with Gasteiger partial charge >= 0.3 is 0 Å². The van der Waals surface area contributed by atoms with Crippen LogP contribution in [0, 0.1) is 5.92 Å². The van der Waals surface area contributed by atoms with E-state index in [1.165, 1.54) is 12.8 Å². The smallest absolute Gasteiger partial charge is 0.253 e. The van der Waals surface area contributed by atoms with Gasteiger partial charge in [-0.3, -0.25) is 19.1 Å². The van der Waals surface area contributed by atoms with Crippen LogP contribution < -0.4 is 5.56 Å². The van der Waals surface area contributed by atoms with E-state index < -0.39 is 0 Å². The van der Waals surface area contributed by atoms with Gasteiger partial charge in [0.2, 0.25) is 5.91 Å². The van der Waals surface area contributed by atoms with E-state index in [9.17, 15) is 9.59 Å². The van der Waals surface area contributed by atoms with Crippen molar-refractivity contribution in [1.29, 1.82) is 0 Å². The molecule has 4 heterocycles. The zero-order valence-electron chi connectivity index (χ0n) is 17.4. The normalized spacial score (nSPS) is 28.8. The lowest BCUT2D eigenvalue weighted by molar-refractivity contribution is -0.136. The number of piperidine rings is 1. The average Bonchev–Trinajstić information content (AvgIpc) is 2.99. The summed E-state index contributed by atoms with van der Waals surface area (Å²) in [5, 5.41) is 0. The Morgan fingerprint density at radius 1 is 1.11 bits per heavy atom. The van der Waals surface area contributed by atoms with Crippen molar-refractivity contribution in [3.05, 3.63) is 27.9 Å². The number of fused-ring (bicyclic) bond motifs is 1. The van der Waals surface area contributed by atoms with E-state index in [2.05, 4.69) is 23.6 Å². The second kappa shape index (κ2) is 8.36. The zero-order valence-corrected chi connectivity index (χ0v) is 17.4. The highest BCUT2D eigenvalue weighted by Gasteiger charge is 2.32. The lowest BCUT2D eigenvalue weighted by Gasteiger charge is -2.38. The first-order valence-electron chi connectivity index (χ1n) is 11.2. The van der Waals surface area contributed by atoms with Gasteiger partial charge in [-0.05, 0) is 51.5 Å². The maximum absolute atomic E-state index is 12.9. The number of hydrogen-bond donors (Lipinski definition) is 0. The minimum atomic E-state index is 0.104. The molecule has 6 heteroatoms. The van der Waals surface area contributed by atoms with Crippen LogP contribution in [-0.4, -0.2) is 57.5 Å². The van der Waals surface area contributed by atoms with Crippen LogP contribution in [0.5, 0.6) is 0 Å². The second-order valence-electron chi connectivity index (χ2n) is 9.07. The summed E-state index contributed by atoms with van der Waals surface area (Å²) < 4.78 is 1.87. The maximum atomic E-state index is 12.9. The summed E-state index contributed by atoms with van der Waals surface area (Å²) in [6, 6.07) is 2.09. The van der Waals surface area contributed by atoms with E-state index in [0.29, 0.717) is 18.5 Å². The molecule has 0 radical (unpaired) electrons. The first kappa shape index (κ1) is 19.6. The molecule has 3 atom stereocenters. The van der Waals surface area contributed by atoms with Crippen molar-refractivity contribution in [1.82, 2.24) is 19.4 Å². The molecule has 3 aliphatic rings. The van der Waals surface area contributed by atoms with Crippen LogP contribution in [0.3, 0.4) is 0 Å². The molecular formula is C22H34N4O2. The summed E-state index contributed by atoms with van der Waals surface area (Å²) in [4.78, 5) is 34.6. The van der Waals surface area contributed by atoms with Crippen molar-refractivity contribution in [2.75, 3.05) is 26.2 Å².